The number of fused-ring (bicyclic) bond motifs is 1. The number of rotatable bonds is 2. The maximum absolute atomic E-state index is 5.69. The molecule has 1 saturated carbocycles. The highest BCUT2D eigenvalue weighted by Gasteiger charge is 2.54. The number of pyridine rings is 1. The second-order valence-corrected chi connectivity index (χ2v) is 5.30. The minimum Gasteiger partial charge on any atom is -0.355 e. The van der Waals surface area contributed by atoms with Gasteiger partial charge >= 0.3 is 0 Å². The molecule has 2 heterocycles. The van der Waals surface area contributed by atoms with Crippen LogP contribution in [0.4, 0.5) is 5.82 Å². The van der Waals surface area contributed by atoms with Gasteiger partial charge in [-0.1, -0.05) is 0 Å². The Morgan fingerprint density at radius 3 is 2.80 bits per heavy atom. The predicted octanol–water partition coefficient (Wildman–Crippen LogP) is 1.48. The smallest absolute Gasteiger partial charge is 0.142 e. The van der Waals surface area contributed by atoms with E-state index in [1.165, 1.54) is 0 Å². The van der Waals surface area contributed by atoms with Gasteiger partial charge in [-0.25, -0.2) is 4.98 Å². The zero-order chi connectivity index (χ0) is 10.4. The summed E-state index contributed by atoms with van der Waals surface area (Å²) < 4.78 is 1.09. The Kier molecular flexibility index (Phi) is 2.21. The molecule has 80 valence electrons. The van der Waals surface area contributed by atoms with Crippen molar-refractivity contribution in [3.05, 3.63) is 22.8 Å². The fraction of sp³-hybridized carbons (Fsp3) is 0.545. The third-order valence-corrected chi connectivity index (χ3v) is 4.30. The second-order valence-electron chi connectivity index (χ2n) is 4.44. The van der Waals surface area contributed by atoms with E-state index in [1.807, 2.05) is 18.3 Å². The van der Waals surface area contributed by atoms with E-state index in [-0.39, 0.29) is 0 Å². The van der Waals surface area contributed by atoms with E-state index >= 15 is 0 Å². The summed E-state index contributed by atoms with van der Waals surface area (Å²) in [4.78, 5) is 6.78. The van der Waals surface area contributed by atoms with Gasteiger partial charge in [-0.3, -0.25) is 0 Å². The van der Waals surface area contributed by atoms with Crippen molar-refractivity contribution >= 4 is 21.7 Å². The van der Waals surface area contributed by atoms with Crippen LogP contribution in [0.15, 0.2) is 22.8 Å². The highest BCUT2D eigenvalue weighted by Crippen LogP contribution is 2.52. The first-order valence-electron chi connectivity index (χ1n) is 5.37. The second kappa shape index (κ2) is 3.46. The van der Waals surface area contributed by atoms with Crippen LogP contribution in [0.3, 0.4) is 0 Å². The van der Waals surface area contributed by atoms with Crippen LogP contribution in [-0.2, 0) is 0 Å². The van der Waals surface area contributed by atoms with Gasteiger partial charge in [0.15, 0.2) is 0 Å². The van der Waals surface area contributed by atoms with Gasteiger partial charge in [0.1, 0.15) is 5.82 Å². The van der Waals surface area contributed by atoms with Gasteiger partial charge in [0, 0.05) is 19.3 Å². The molecule has 1 aliphatic heterocycles. The van der Waals surface area contributed by atoms with Crippen molar-refractivity contribution in [1.29, 1.82) is 0 Å². The summed E-state index contributed by atoms with van der Waals surface area (Å²) in [7, 11) is 0. The summed E-state index contributed by atoms with van der Waals surface area (Å²) in [5.74, 6) is 3.51. The molecule has 0 aromatic carbocycles. The van der Waals surface area contributed by atoms with E-state index in [0.29, 0.717) is 0 Å². The molecule has 2 N–H and O–H groups in total. The summed E-state index contributed by atoms with van der Waals surface area (Å²) in [6.07, 6.45) is 1.85. The monoisotopic (exact) mass is 267 g/mol. The van der Waals surface area contributed by atoms with Crippen LogP contribution in [0, 0.1) is 17.8 Å². The number of halogens is 1. The molecule has 4 heteroatoms. The van der Waals surface area contributed by atoms with Crippen LogP contribution in [0.1, 0.15) is 0 Å². The van der Waals surface area contributed by atoms with Gasteiger partial charge in [0.25, 0.3) is 0 Å². The van der Waals surface area contributed by atoms with Crippen molar-refractivity contribution < 1.29 is 0 Å². The molecule has 2 aliphatic rings. The molecule has 1 aromatic heterocycles. The molecule has 2 unspecified atom stereocenters. The lowest BCUT2D eigenvalue weighted by Gasteiger charge is -2.21. The number of hydrogen-bond acceptors (Lipinski definition) is 3. The lowest BCUT2D eigenvalue weighted by Crippen LogP contribution is -2.26. The SMILES string of the molecule is NCC1C2CN(c3ncccc3Br)CC12. The topological polar surface area (TPSA) is 42.1 Å². The van der Waals surface area contributed by atoms with Crippen molar-refractivity contribution in [2.24, 2.45) is 23.5 Å². The molecule has 0 bridgehead atoms. The summed E-state index contributed by atoms with van der Waals surface area (Å²) in [6, 6.07) is 4.00. The molecular weight excluding hydrogens is 254 g/mol. The fourth-order valence-electron chi connectivity index (χ4n) is 2.78. The quantitative estimate of drug-likeness (QED) is 0.883. The molecule has 15 heavy (non-hydrogen) atoms. The normalized spacial score (nSPS) is 32.9. The Bertz CT molecular complexity index is 370. The summed E-state index contributed by atoms with van der Waals surface area (Å²) in [6.45, 7) is 3.11. The van der Waals surface area contributed by atoms with Gasteiger partial charge in [-0.15, -0.1) is 0 Å². The third-order valence-electron chi connectivity index (χ3n) is 3.68. The van der Waals surface area contributed by atoms with Crippen molar-refractivity contribution in [2.75, 3.05) is 24.5 Å². The molecule has 1 aliphatic carbocycles. The van der Waals surface area contributed by atoms with Gasteiger partial charge in [-0.05, 0) is 52.4 Å². The van der Waals surface area contributed by atoms with Crippen molar-refractivity contribution in [3.8, 4) is 0 Å². The summed E-state index contributed by atoms with van der Waals surface area (Å²) in [5, 5.41) is 0. The summed E-state index contributed by atoms with van der Waals surface area (Å²) >= 11 is 3.54. The lowest BCUT2D eigenvalue weighted by molar-refractivity contribution is 0.643. The van der Waals surface area contributed by atoms with Crippen LogP contribution in [0.2, 0.25) is 0 Å². The number of anilines is 1. The molecule has 3 nitrogen and oxygen atoms in total. The maximum Gasteiger partial charge on any atom is 0.142 e. The first-order valence-corrected chi connectivity index (χ1v) is 6.16. The highest BCUT2D eigenvalue weighted by molar-refractivity contribution is 9.10. The maximum atomic E-state index is 5.69. The van der Waals surface area contributed by atoms with Crippen molar-refractivity contribution in [2.45, 2.75) is 0 Å². The first-order chi connectivity index (χ1) is 7.31. The molecule has 0 radical (unpaired) electrons. The number of piperidine rings is 1. The lowest BCUT2D eigenvalue weighted by atomic mass is 10.2. The van der Waals surface area contributed by atoms with Crippen molar-refractivity contribution in [3.63, 3.8) is 0 Å². The molecule has 0 amide bonds. The number of nitrogens with zero attached hydrogens (tertiary/aromatic N) is 2. The fourth-order valence-corrected chi connectivity index (χ4v) is 3.29. The van der Waals surface area contributed by atoms with Crippen molar-refractivity contribution in [1.82, 2.24) is 4.98 Å². The molecule has 0 spiro atoms. The largest absolute Gasteiger partial charge is 0.355 e. The Hall–Kier alpha value is -0.610. The molecule has 3 rings (SSSR count). The molecule has 2 fully saturated rings. The molecule has 2 atom stereocenters. The predicted molar refractivity (Wildman–Crippen MR) is 63.7 cm³/mol. The van der Waals surface area contributed by atoms with Crippen LogP contribution >= 0.6 is 15.9 Å². The van der Waals surface area contributed by atoms with Gasteiger partial charge < -0.3 is 10.6 Å². The van der Waals surface area contributed by atoms with E-state index < -0.39 is 0 Å². The zero-order valence-corrected chi connectivity index (χ0v) is 10.0. The molecule has 1 saturated heterocycles. The highest BCUT2D eigenvalue weighted by atomic mass is 79.9. The Labute approximate surface area is 97.8 Å². The van der Waals surface area contributed by atoms with E-state index in [9.17, 15) is 0 Å². The van der Waals surface area contributed by atoms with Gasteiger partial charge in [0.05, 0.1) is 4.47 Å². The first kappa shape index (κ1) is 9.60. The molecule has 1 aromatic rings. The molecular formula is C11H14BrN3. The minimum atomic E-state index is 0.781. The minimum absolute atomic E-state index is 0.781. The average molecular weight is 268 g/mol. The van der Waals surface area contributed by atoms with E-state index in [4.69, 9.17) is 5.73 Å². The Morgan fingerprint density at radius 1 is 1.47 bits per heavy atom. The summed E-state index contributed by atoms with van der Waals surface area (Å²) in [5.41, 5.74) is 5.69. The van der Waals surface area contributed by atoms with Gasteiger partial charge in [0.2, 0.25) is 0 Å². The van der Waals surface area contributed by atoms with Crippen LogP contribution in [0.25, 0.3) is 0 Å². The zero-order valence-electron chi connectivity index (χ0n) is 8.44. The van der Waals surface area contributed by atoms with Gasteiger partial charge in [-0.2, -0.15) is 0 Å². The standard InChI is InChI=1S/C11H14BrN3/c12-10-2-1-3-14-11(10)15-5-8-7(4-13)9(8)6-15/h1-3,7-9H,4-6,13H2. The number of nitrogens with two attached hydrogens (primary N) is 1. The van der Waals surface area contributed by atoms with E-state index in [0.717, 1.165) is 47.7 Å². The van der Waals surface area contributed by atoms with E-state index in [1.54, 1.807) is 0 Å². The average Bonchev–Trinajstić information content (AvgIpc) is 2.72. The van der Waals surface area contributed by atoms with Crippen LogP contribution in [-0.4, -0.2) is 24.6 Å². The van der Waals surface area contributed by atoms with Crippen LogP contribution < -0.4 is 10.6 Å². The Morgan fingerprint density at radius 2 is 2.20 bits per heavy atom. The van der Waals surface area contributed by atoms with Crippen LogP contribution in [0.5, 0.6) is 0 Å². The number of hydrogen-bond donors (Lipinski definition) is 1. The number of aromatic nitrogens is 1. The third kappa shape index (κ3) is 1.47. The van der Waals surface area contributed by atoms with E-state index in [2.05, 4.69) is 25.8 Å². The Balaban J connectivity index is 1.75.